The van der Waals surface area contributed by atoms with Crippen LogP contribution in [0.1, 0.15) is 17.3 Å². The minimum absolute atomic E-state index is 0.134. The number of carbonyl (C=O) groups excluding carboxylic acids is 3. The van der Waals surface area contributed by atoms with Gasteiger partial charge < -0.3 is 0 Å². The van der Waals surface area contributed by atoms with Gasteiger partial charge >= 0.3 is 5.91 Å². The highest BCUT2D eigenvalue weighted by atomic mass is 16.2. The molecule has 5 nitrogen and oxygen atoms in total. The third kappa shape index (κ3) is 0.953. The summed E-state index contributed by atoms with van der Waals surface area (Å²) in [6, 6.07) is 3.03. The van der Waals surface area contributed by atoms with Gasteiger partial charge in [-0.1, -0.05) is 0 Å². The van der Waals surface area contributed by atoms with E-state index in [1.165, 1.54) is 19.2 Å². The molecule has 2 heterocycles. The summed E-state index contributed by atoms with van der Waals surface area (Å²) in [4.78, 5) is 38.3. The van der Waals surface area contributed by atoms with Gasteiger partial charge in [-0.05, 0) is 12.1 Å². The number of ketones is 1. The monoisotopic (exact) mass is 190 g/mol. The van der Waals surface area contributed by atoms with Crippen molar-refractivity contribution in [1.82, 2.24) is 4.98 Å². The van der Waals surface area contributed by atoms with Crippen LogP contribution in [0.25, 0.3) is 0 Å². The Labute approximate surface area is 79.3 Å². The zero-order chi connectivity index (χ0) is 10.3. The van der Waals surface area contributed by atoms with Gasteiger partial charge in [0.25, 0.3) is 5.78 Å². The molecular formula is C9H6N2O3. The Bertz CT molecular complexity index is 453. The highest BCUT2D eigenvalue weighted by molar-refractivity contribution is 6.55. The van der Waals surface area contributed by atoms with Crippen LogP contribution in [0.15, 0.2) is 18.3 Å². The van der Waals surface area contributed by atoms with Gasteiger partial charge in [0.05, 0.1) is 5.56 Å². The summed E-state index contributed by atoms with van der Waals surface area (Å²) in [7, 11) is 0. The molecule has 0 saturated carbocycles. The number of anilines is 1. The van der Waals surface area contributed by atoms with Crippen molar-refractivity contribution in [2.45, 2.75) is 6.92 Å². The average molecular weight is 190 g/mol. The van der Waals surface area contributed by atoms with Crippen LogP contribution < -0.4 is 4.90 Å². The molecular weight excluding hydrogens is 184 g/mol. The first-order valence-corrected chi connectivity index (χ1v) is 3.97. The van der Waals surface area contributed by atoms with Crippen molar-refractivity contribution in [2.75, 3.05) is 4.90 Å². The molecule has 0 aromatic carbocycles. The van der Waals surface area contributed by atoms with Gasteiger partial charge in [-0.3, -0.25) is 14.4 Å². The standard InChI is InChI=1S/C9H6N2O3/c1-5(12)11-8-6(3-2-4-10-8)7(13)9(11)14/h2-4H,1H3. The Balaban J connectivity index is 2.64. The Kier molecular flexibility index (Phi) is 1.67. The molecule has 2 amide bonds. The Morgan fingerprint density at radius 3 is 2.79 bits per heavy atom. The molecule has 14 heavy (non-hydrogen) atoms. The first-order valence-electron chi connectivity index (χ1n) is 3.97. The molecule has 0 fully saturated rings. The molecule has 0 bridgehead atoms. The van der Waals surface area contributed by atoms with Crippen molar-refractivity contribution in [3.8, 4) is 0 Å². The second-order valence-electron chi connectivity index (χ2n) is 2.86. The Hall–Kier alpha value is -2.04. The molecule has 1 aromatic rings. The number of aromatic nitrogens is 1. The molecule has 0 saturated heterocycles. The van der Waals surface area contributed by atoms with Crippen LogP contribution in [0, 0.1) is 0 Å². The normalized spacial score (nSPS) is 14.5. The lowest BCUT2D eigenvalue weighted by molar-refractivity contribution is -0.122. The summed E-state index contributed by atoms with van der Waals surface area (Å²) in [6.07, 6.45) is 1.43. The fourth-order valence-corrected chi connectivity index (χ4v) is 1.36. The fourth-order valence-electron chi connectivity index (χ4n) is 1.36. The summed E-state index contributed by atoms with van der Waals surface area (Å²) in [5.74, 6) is -1.87. The molecule has 1 aliphatic heterocycles. The van der Waals surface area contributed by atoms with E-state index in [9.17, 15) is 14.4 Å². The number of amides is 2. The molecule has 0 atom stereocenters. The van der Waals surface area contributed by atoms with E-state index in [1.54, 1.807) is 6.07 Å². The van der Waals surface area contributed by atoms with Crippen LogP contribution in [0.3, 0.4) is 0 Å². The first-order chi connectivity index (χ1) is 6.63. The van der Waals surface area contributed by atoms with Crippen molar-refractivity contribution >= 4 is 23.4 Å². The second-order valence-corrected chi connectivity index (χ2v) is 2.86. The molecule has 0 unspecified atom stereocenters. The number of nitrogens with zero attached hydrogens (tertiary/aromatic N) is 2. The third-order valence-corrected chi connectivity index (χ3v) is 1.96. The Morgan fingerprint density at radius 2 is 2.14 bits per heavy atom. The number of pyridine rings is 1. The van der Waals surface area contributed by atoms with Crippen molar-refractivity contribution in [3.63, 3.8) is 0 Å². The molecule has 2 rings (SSSR count). The van der Waals surface area contributed by atoms with E-state index in [-0.39, 0.29) is 11.4 Å². The summed E-state index contributed by atoms with van der Waals surface area (Å²) in [6.45, 7) is 1.22. The maximum atomic E-state index is 11.3. The van der Waals surface area contributed by atoms with E-state index >= 15 is 0 Å². The summed E-state index contributed by atoms with van der Waals surface area (Å²) in [5, 5.41) is 0. The highest BCUT2D eigenvalue weighted by Gasteiger charge is 2.39. The molecule has 5 heteroatoms. The van der Waals surface area contributed by atoms with Crippen molar-refractivity contribution < 1.29 is 14.4 Å². The van der Waals surface area contributed by atoms with Crippen LogP contribution in [0.4, 0.5) is 5.82 Å². The first kappa shape index (κ1) is 8.55. The van der Waals surface area contributed by atoms with Gasteiger partial charge in [0, 0.05) is 13.1 Å². The second kappa shape index (κ2) is 2.73. The van der Waals surface area contributed by atoms with Crippen LogP contribution in [0.5, 0.6) is 0 Å². The number of hydrogen-bond donors (Lipinski definition) is 0. The molecule has 0 N–H and O–H groups in total. The maximum absolute atomic E-state index is 11.3. The number of fused-ring (bicyclic) bond motifs is 1. The maximum Gasteiger partial charge on any atom is 0.307 e. The van der Waals surface area contributed by atoms with Gasteiger partial charge in [0.15, 0.2) is 5.82 Å². The SMILES string of the molecule is CC(=O)N1C(=O)C(=O)c2cccnc21. The van der Waals surface area contributed by atoms with Gasteiger partial charge in [-0.25, -0.2) is 9.88 Å². The summed E-state index contributed by atoms with van der Waals surface area (Å²) >= 11 is 0. The lowest BCUT2D eigenvalue weighted by atomic mass is 10.2. The van der Waals surface area contributed by atoms with E-state index in [2.05, 4.69) is 4.98 Å². The molecule has 1 aliphatic rings. The summed E-state index contributed by atoms with van der Waals surface area (Å²) < 4.78 is 0. The van der Waals surface area contributed by atoms with Gasteiger partial charge in [-0.15, -0.1) is 0 Å². The topological polar surface area (TPSA) is 67.3 Å². The number of Topliss-reactive ketones (excluding diaryl/α,β-unsaturated/α-hetero) is 1. The van der Waals surface area contributed by atoms with Crippen molar-refractivity contribution in [1.29, 1.82) is 0 Å². The van der Waals surface area contributed by atoms with E-state index < -0.39 is 17.6 Å². The van der Waals surface area contributed by atoms with Crippen molar-refractivity contribution in [2.24, 2.45) is 0 Å². The fraction of sp³-hybridized carbons (Fsp3) is 0.111. The largest absolute Gasteiger partial charge is 0.307 e. The predicted molar refractivity (Wildman–Crippen MR) is 46.7 cm³/mol. The van der Waals surface area contributed by atoms with Gasteiger partial charge in [0.2, 0.25) is 5.91 Å². The molecule has 1 aromatic heterocycles. The van der Waals surface area contributed by atoms with Crippen LogP contribution >= 0.6 is 0 Å². The van der Waals surface area contributed by atoms with Gasteiger partial charge in [-0.2, -0.15) is 0 Å². The lowest BCUT2D eigenvalue weighted by Crippen LogP contribution is -2.34. The third-order valence-electron chi connectivity index (χ3n) is 1.96. The molecule has 70 valence electrons. The van der Waals surface area contributed by atoms with Crippen LogP contribution in [0.2, 0.25) is 0 Å². The van der Waals surface area contributed by atoms with Gasteiger partial charge in [0.1, 0.15) is 0 Å². The molecule has 0 radical (unpaired) electrons. The van der Waals surface area contributed by atoms with E-state index in [1.807, 2.05) is 0 Å². The lowest BCUT2D eigenvalue weighted by Gasteiger charge is -2.08. The summed E-state index contributed by atoms with van der Waals surface area (Å²) in [5.41, 5.74) is 0.188. The number of rotatable bonds is 0. The number of imide groups is 1. The van der Waals surface area contributed by atoms with E-state index in [4.69, 9.17) is 0 Å². The Morgan fingerprint density at radius 1 is 1.43 bits per heavy atom. The van der Waals surface area contributed by atoms with Crippen LogP contribution in [-0.2, 0) is 9.59 Å². The van der Waals surface area contributed by atoms with E-state index in [0.717, 1.165) is 4.90 Å². The van der Waals surface area contributed by atoms with Crippen LogP contribution in [-0.4, -0.2) is 22.6 Å². The smallest absolute Gasteiger partial charge is 0.283 e. The highest BCUT2D eigenvalue weighted by Crippen LogP contribution is 2.25. The zero-order valence-corrected chi connectivity index (χ0v) is 7.35. The molecule has 0 spiro atoms. The van der Waals surface area contributed by atoms with E-state index in [0.29, 0.717) is 0 Å². The number of carbonyl (C=O) groups is 3. The minimum atomic E-state index is -0.828. The predicted octanol–water partition coefficient (Wildman–Crippen LogP) is 0.157. The zero-order valence-electron chi connectivity index (χ0n) is 7.35. The van der Waals surface area contributed by atoms with Crippen molar-refractivity contribution in [3.05, 3.63) is 23.9 Å². The number of hydrogen-bond acceptors (Lipinski definition) is 4. The minimum Gasteiger partial charge on any atom is -0.283 e. The quantitative estimate of drug-likeness (QED) is 0.546. The average Bonchev–Trinajstić information content (AvgIpc) is 2.41. The molecule has 0 aliphatic carbocycles.